The third-order valence-corrected chi connectivity index (χ3v) is 8.00. The highest BCUT2D eigenvalue weighted by atomic mass is 32.2. The van der Waals surface area contributed by atoms with E-state index in [1.54, 1.807) is 4.68 Å². The Morgan fingerprint density at radius 3 is 2.94 bits per heavy atom. The van der Waals surface area contributed by atoms with Crippen molar-refractivity contribution < 1.29 is 14.3 Å². The minimum absolute atomic E-state index is 0.0864. The van der Waals surface area contributed by atoms with E-state index in [-0.39, 0.29) is 17.8 Å². The van der Waals surface area contributed by atoms with Crippen molar-refractivity contribution >= 4 is 39.9 Å². The zero-order valence-corrected chi connectivity index (χ0v) is 19.9. The maximum absolute atomic E-state index is 12.7. The lowest BCUT2D eigenvalue weighted by atomic mass is 10.1. The lowest BCUT2D eigenvalue weighted by Crippen LogP contribution is -2.20. The zero-order chi connectivity index (χ0) is 22.9. The number of primary amides is 1. The Bertz CT molecular complexity index is 1190. The molecule has 1 fully saturated rings. The number of fused-ring (bicyclic) bond motifs is 1. The van der Waals surface area contributed by atoms with Crippen molar-refractivity contribution in [3.05, 3.63) is 28.3 Å². The number of aryl methyl sites for hydroxylation is 2. The first-order chi connectivity index (χ1) is 16.0. The third-order valence-electron chi connectivity index (χ3n) is 5.82. The Morgan fingerprint density at radius 2 is 2.21 bits per heavy atom. The highest BCUT2D eigenvalue weighted by Crippen LogP contribution is 2.39. The number of thiophene rings is 1. The first kappa shape index (κ1) is 22.1. The maximum atomic E-state index is 12.7. The van der Waals surface area contributed by atoms with Crippen LogP contribution in [0.3, 0.4) is 0 Å². The monoisotopic (exact) mass is 487 g/mol. The summed E-state index contributed by atoms with van der Waals surface area (Å²) in [5.74, 6) is 0.0777. The molecule has 1 aliphatic carbocycles. The predicted molar refractivity (Wildman–Crippen MR) is 125 cm³/mol. The molecule has 33 heavy (non-hydrogen) atoms. The van der Waals surface area contributed by atoms with Gasteiger partial charge in [0.05, 0.1) is 24.0 Å². The fraction of sp³-hybridized carbons (Fsp3) is 0.476. The van der Waals surface area contributed by atoms with E-state index in [2.05, 4.69) is 20.6 Å². The minimum atomic E-state index is -0.492. The third kappa shape index (κ3) is 4.55. The smallest absolute Gasteiger partial charge is 0.251 e. The van der Waals surface area contributed by atoms with E-state index in [0.717, 1.165) is 54.8 Å². The molecule has 3 aromatic rings. The Balaban J connectivity index is 1.32. The number of rotatable bonds is 8. The van der Waals surface area contributed by atoms with Gasteiger partial charge in [-0.2, -0.15) is 5.10 Å². The van der Waals surface area contributed by atoms with Crippen LogP contribution < -0.4 is 11.1 Å². The second kappa shape index (κ2) is 9.27. The number of hydrogen-bond donors (Lipinski definition) is 2. The van der Waals surface area contributed by atoms with Gasteiger partial charge in [-0.15, -0.1) is 21.5 Å². The fourth-order valence-electron chi connectivity index (χ4n) is 4.32. The van der Waals surface area contributed by atoms with Gasteiger partial charge >= 0.3 is 0 Å². The fourth-order valence-corrected chi connectivity index (χ4v) is 6.38. The Labute approximate surface area is 198 Å². The van der Waals surface area contributed by atoms with E-state index in [9.17, 15) is 9.59 Å². The average Bonchev–Trinajstić information content (AvgIpc) is 3.56. The van der Waals surface area contributed by atoms with E-state index < -0.39 is 5.91 Å². The first-order valence-electron chi connectivity index (χ1n) is 10.9. The number of ether oxygens (including phenoxy) is 1. The number of nitrogens with two attached hydrogens (primary N) is 1. The second-order valence-corrected chi connectivity index (χ2v) is 10.2. The van der Waals surface area contributed by atoms with Crippen LogP contribution in [0.15, 0.2) is 17.4 Å². The van der Waals surface area contributed by atoms with Crippen LogP contribution in [-0.2, 0) is 36.0 Å². The largest absolute Gasteiger partial charge is 0.376 e. The molecule has 0 radical (unpaired) electrons. The van der Waals surface area contributed by atoms with Gasteiger partial charge in [0.25, 0.3) is 5.91 Å². The van der Waals surface area contributed by atoms with E-state index in [4.69, 9.17) is 10.5 Å². The molecular formula is C21H25N7O3S2. The van der Waals surface area contributed by atoms with Gasteiger partial charge in [-0.1, -0.05) is 11.8 Å². The maximum Gasteiger partial charge on any atom is 0.251 e. The van der Waals surface area contributed by atoms with Crippen molar-refractivity contribution in [3.8, 4) is 11.5 Å². The summed E-state index contributed by atoms with van der Waals surface area (Å²) in [5.41, 5.74) is 7.78. The lowest BCUT2D eigenvalue weighted by Gasteiger charge is -2.14. The molecule has 1 aliphatic heterocycles. The molecule has 0 aromatic carbocycles. The van der Waals surface area contributed by atoms with E-state index >= 15 is 0 Å². The number of nitrogens with one attached hydrogen (secondary N) is 1. The molecule has 0 unspecified atom stereocenters. The van der Waals surface area contributed by atoms with Crippen molar-refractivity contribution in [2.24, 2.45) is 12.8 Å². The molecule has 4 heterocycles. The molecule has 174 valence electrons. The van der Waals surface area contributed by atoms with Gasteiger partial charge in [-0.3, -0.25) is 18.8 Å². The average molecular weight is 488 g/mol. The molecule has 0 saturated carbocycles. The normalized spacial score (nSPS) is 17.4. The zero-order valence-electron chi connectivity index (χ0n) is 18.2. The number of anilines is 1. The van der Waals surface area contributed by atoms with Crippen LogP contribution in [0.4, 0.5) is 5.00 Å². The molecule has 3 N–H and O–H groups in total. The number of nitrogens with zero attached hydrogens (tertiary/aromatic N) is 5. The predicted octanol–water partition coefficient (Wildman–Crippen LogP) is 2.24. The molecule has 2 aliphatic rings. The summed E-state index contributed by atoms with van der Waals surface area (Å²) < 4.78 is 9.51. The quantitative estimate of drug-likeness (QED) is 0.466. The lowest BCUT2D eigenvalue weighted by molar-refractivity contribution is -0.113. The van der Waals surface area contributed by atoms with Crippen LogP contribution in [-0.4, -0.2) is 54.8 Å². The van der Waals surface area contributed by atoms with E-state index in [1.165, 1.54) is 23.1 Å². The number of hydrogen-bond acceptors (Lipinski definition) is 8. The van der Waals surface area contributed by atoms with E-state index in [0.29, 0.717) is 28.1 Å². The molecule has 1 saturated heterocycles. The first-order valence-corrected chi connectivity index (χ1v) is 12.7. The highest BCUT2D eigenvalue weighted by Gasteiger charge is 2.27. The summed E-state index contributed by atoms with van der Waals surface area (Å²) >= 11 is 2.75. The van der Waals surface area contributed by atoms with Gasteiger partial charge in [0.15, 0.2) is 11.0 Å². The van der Waals surface area contributed by atoms with Crippen LogP contribution >= 0.6 is 23.1 Å². The molecule has 10 nitrogen and oxygen atoms in total. The Hall–Kier alpha value is -2.70. The van der Waals surface area contributed by atoms with Crippen LogP contribution in [0.5, 0.6) is 0 Å². The highest BCUT2D eigenvalue weighted by molar-refractivity contribution is 7.99. The summed E-state index contributed by atoms with van der Waals surface area (Å²) in [6.45, 7) is 1.36. The molecule has 0 spiro atoms. The molecule has 0 bridgehead atoms. The van der Waals surface area contributed by atoms with Gasteiger partial charge < -0.3 is 15.8 Å². The minimum Gasteiger partial charge on any atom is -0.376 e. The number of carbonyl (C=O) groups is 2. The molecule has 12 heteroatoms. The van der Waals surface area contributed by atoms with Gasteiger partial charge in [-0.05, 0) is 43.7 Å². The number of carbonyl (C=O) groups excluding carboxylic acids is 2. The molecular weight excluding hydrogens is 462 g/mol. The number of aromatic nitrogens is 5. The van der Waals surface area contributed by atoms with Crippen molar-refractivity contribution in [3.63, 3.8) is 0 Å². The van der Waals surface area contributed by atoms with Crippen LogP contribution in [0, 0.1) is 0 Å². The summed E-state index contributed by atoms with van der Waals surface area (Å²) in [6, 6.07) is 1.89. The second-order valence-electron chi connectivity index (χ2n) is 8.19. The van der Waals surface area contributed by atoms with Gasteiger partial charge in [0, 0.05) is 24.7 Å². The topological polar surface area (TPSA) is 130 Å². The van der Waals surface area contributed by atoms with E-state index in [1.807, 2.05) is 23.9 Å². The van der Waals surface area contributed by atoms with Crippen LogP contribution in [0.25, 0.3) is 11.5 Å². The SMILES string of the molecule is Cn1ccc(-c2nnc(SCC(=O)Nc3sc4c(c3C(N)=O)CCC4)n2C[C@H]2CCCO2)n1. The Kier molecular flexibility index (Phi) is 6.21. The van der Waals surface area contributed by atoms with Gasteiger partial charge in [0.2, 0.25) is 5.91 Å². The van der Waals surface area contributed by atoms with Crippen molar-refractivity contribution in [1.29, 1.82) is 0 Å². The summed E-state index contributed by atoms with van der Waals surface area (Å²) in [6.07, 6.45) is 6.72. The standard InChI is InChI=1S/C21H25N7O3S2/c1-27-8-7-14(26-27)19-24-25-21(28(19)10-12-4-3-9-31-12)32-11-16(29)23-20-17(18(22)30)13-5-2-6-15(13)33-20/h7-8,12H,2-6,9-11H2,1H3,(H2,22,30)(H,23,29)/t12-/m1/s1. The summed E-state index contributed by atoms with van der Waals surface area (Å²) in [4.78, 5) is 25.9. The summed E-state index contributed by atoms with van der Waals surface area (Å²) in [7, 11) is 1.85. The number of thioether (sulfide) groups is 1. The number of amides is 2. The molecule has 3 aromatic heterocycles. The Morgan fingerprint density at radius 1 is 1.33 bits per heavy atom. The van der Waals surface area contributed by atoms with Gasteiger partial charge in [-0.25, -0.2) is 0 Å². The van der Waals surface area contributed by atoms with Gasteiger partial charge in [0.1, 0.15) is 10.7 Å². The van der Waals surface area contributed by atoms with Crippen molar-refractivity contribution in [2.45, 2.75) is 49.9 Å². The van der Waals surface area contributed by atoms with Crippen LogP contribution in [0.2, 0.25) is 0 Å². The van der Waals surface area contributed by atoms with Crippen LogP contribution in [0.1, 0.15) is 40.1 Å². The van der Waals surface area contributed by atoms with Crippen molar-refractivity contribution in [2.75, 3.05) is 17.7 Å². The summed E-state index contributed by atoms with van der Waals surface area (Å²) in [5, 5.41) is 17.2. The molecule has 5 rings (SSSR count). The molecule has 1 atom stereocenters. The molecule has 2 amide bonds. The van der Waals surface area contributed by atoms with Crippen molar-refractivity contribution in [1.82, 2.24) is 24.5 Å².